The molecule has 3 heteroatoms. The number of H-pyrrole nitrogens is 1. The summed E-state index contributed by atoms with van der Waals surface area (Å²) in [7, 11) is -2.53. The number of aromatic nitrogens is 1. The van der Waals surface area contributed by atoms with Crippen molar-refractivity contribution in [1.82, 2.24) is 9.88 Å². The Morgan fingerprint density at radius 3 is 3.00 bits per heavy atom. The van der Waals surface area contributed by atoms with E-state index in [1.54, 1.807) is 17.0 Å². The SMILES string of the molecule is [2H]C([2H])([2H])Oc1cccc2[nH]c(C3CCCC3)c(C[C@H]3CCCN3C([2H])([2H])[2H])c12. The normalized spacial score (nSPS) is 28.1. The van der Waals surface area contributed by atoms with E-state index in [9.17, 15) is 0 Å². The van der Waals surface area contributed by atoms with Crippen LogP contribution in [-0.2, 0) is 6.42 Å². The summed E-state index contributed by atoms with van der Waals surface area (Å²) in [5.41, 5.74) is 3.03. The standard InChI is InChI=1S/C20H28N2O/c1-22-12-6-9-15(22)13-16-19-17(10-5-11-18(19)23-2)21-20(16)14-7-3-4-8-14/h5,10-11,14-15,21H,3-4,6-9,12-13H2,1-2H3/t15-/m1/s1/i1D3,2D3. The van der Waals surface area contributed by atoms with Crippen molar-refractivity contribution in [2.24, 2.45) is 0 Å². The Kier molecular flexibility index (Phi) is 2.62. The van der Waals surface area contributed by atoms with E-state index < -0.39 is 14.0 Å². The lowest BCUT2D eigenvalue weighted by Crippen LogP contribution is -2.27. The van der Waals surface area contributed by atoms with Crippen LogP contribution in [0.2, 0.25) is 0 Å². The van der Waals surface area contributed by atoms with E-state index in [2.05, 4.69) is 4.98 Å². The molecule has 1 aromatic heterocycles. The number of nitrogens with one attached hydrogen (secondary N) is 1. The molecule has 2 fully saturated rings. The van der Waals surface area contributed by atoms with Gasteiger partial charge >= 0.3 is 0 Å². The Balaban J connectivity index is 1.79. The molecule has 0 radical (unpaired) electrons. The molecule has 124 valence electrons. The van der Waals surface area contributed by atoms with Gasteiger partial charge in [-0.1, -0.05) is 18.9 Å². The van der Waals surface area contributed by atoms with Gasteiger partial charge in [-0.3, -0.25) is 0 Å². The first-order valence-corrected chi connectivity index (χ1v) is 8.73. The quantitative estimate of drug-likeness (QED) is 0.901. The van der Waals surface area contributed by atoms with Gasteiger partial charge in [0.25, 0.3) is 0 Å². The second-order valence-corrected chi connectivity index (χ2v) is 6.97. The maximum atomic E-state index is 7.88. The van der Waals surface area contributed by atoms with Gasteiger partial charge in [-0.05, 0) is 69.2 Å². The molecule has 1 N–H and O–H groups in total. The molecule has 1 aromatic carbocycles. The molecule has 2 heterocycles. The summed E-state index contributed by atoms with van der Waals surface area (Å²) in [4.78, 5) is 5.16. The number of ether oxygens (including phenoxy) is 1. The summed E-state index contributed by atoms with van der Waals surface area (Å²) in [6.45, 7) is -1.54. The number of methoxy groups -OCH3 is 1. The van der Waals surface area contributed by atoms with E-state index >= 15 is 0 Å². The number of hydrogen-bond acceptors (Lipinski definition) is 2. The zero-order valence-electron chi connectivity index (χ0n) is 19.4. The van der Waals surface area contributed by atoms with Crippen molar-refractivity contribution in [2.45, 2.75) is 56.9 Å². The number of fused-ring (bicyclic) bond motifs is 1. The summed E-state index contributed by atoms with van der Waals surface area (Å²) in [5, 5.41) is 0.794. The van der Waals surface area contributed by atoms with E-state index in [4.69, 9.17) is 13.0 Å². The lowest BCUT2D eigenvalue weighted by molar-refractivity contribution is 0.309. The highest BCUT2D eigenvalue weighted by Gasteiger charge is 2.28. The Bertz CT molecular complexity index is 866. The first kappa shape index (κ1) is 9.73. The molecule has 1 aliphatic heterocycles. The van der Waals surface area contributed by atoms with Crippen molar-refractivity contribution >= 4 is 10.9 Å². The number of hydrogen-bond donors (Lipinski definition) is 1. The average molecular weight is 318 g/mol. The van der Waals surface area contributed by atoms with Crippen LogP contribution in [0.1, 0.15) is 63.9 Å². The van der Waals surface area contributed by atoms with Crippen molar-refractivity contribution in [3.8, 4) is 5.75 Å². The molecule has 2 aromatic rings. The second kappa shape index (κ2) is 6.20. The van der Waals surface area contributed by atoms with Gasteiger partial charge in [-0.15, -0.1) is 0 Å². The molecule has 4 rings (SSSR count). The zero-order valence-corrected chi connectivity index (χ0v) is 13.4. The molecule has 0 amide bonds. The minimum atomic E-state index is -2.53. The molecule has 1 saturated heterocycles. The van der Waals surface area contributed by atoms with Crippen LogP contribution in [0.3, 0.4) is 0 Å². The largest absolute Gasteiger partial charge is 0.496 e. The number of rotatable bonds is 4. The molecule has 23 heavy (non-hydrogen) atoms. The van der Waals surface area contributed by atoms with Gasteiger partial charge in [0.15, 0.2) is 0 Å². The van der Waals surface area contributed by atoms with Crippen molar-refractivity contribution < 1.29 is 13.0 Å². The molecular formula is C20H28N2O. The number of likely N-dealkylation sites (N-methyl/N-ethyl adjacent to an activating group) is 1. The fraction of sp³-hybridized carbons (Fsp3) is 0.600. The third kappa shape index (κ3) is 2.65. The first-order chi connectivity index (χ1) is 13.6. The molecule has 1 atom stereocenters. The third-order valence-electron chi connectivity index (χ3n) is 5.61. The van der Waals surface area contributed by atoms with Gasteiger partial charge in [0, 0.05) is 26.8 Å². The van der Waals surface area contributed by atoms with Crippen LogP contribution in [0.4, 0.5) is 0 Å². The Morgan fingerprint density at radius 1 is 1.26 bits per heavy atom. The average Bonchev–Trinajstić information content (AvgIpc) is 3.32. The molecule has 1 aliphatic carbocycles. The van der Waals surface area contributed by atoms with Gasteiger partial charge < -0.3 is 14.6 Å². The minimum absolute atomic E-state index is 0.0810. The van der Waals surface area contributed by atoms with Crippen LogP contribution in [0, 0.1) is 0 Å². The first-order valence-electron chi connectivity index (χ1n) is 11.7. The van der Waals surface area contributed by atoms with Gasteiger partial charge in [0.1, 0.15) is 5.75 Å². The van der Waals surface area contributed by atoms with E-state index in [1.807, 2.05) is 6.07 Å². The predicted molar refractivity (Wildman–Crippen MR) is 95.4 cm³/mol. The van der Waals surface area contributed by atoms with Crippen molar-refractivity contribution in [2.75, 3.05) is 20.6 Å². The van der Waals surface area contributed by atoms with Crippen LogP contribution >= 0.6 is 0 Å². The van der Waals surface area contributed by atoms with Gasteiger partial charge in [-0.2, -0.15) is 0 Å². The number of likely N-dealkylation sites (tertiary alicyclic amines) is 1. The fourth-order valence-corrected chi connectivity index (χ4v) is 4.45. The Hall–Kier alpha value is -1.48. The number of nitrogens with zero attached hydrogens (tertiary/aromatic N) is 1. The molecule has 2 aliphatic rings. The van der Waals surface area contributed by atoms with Gasteiger partial charge in [-0.25, -0.2) is 0 Å². The summed E-state index contributed by atoms with van der Waals surface area (Å²) in [6.07, 6.45) is 6.85. The number of aromatic amines is 1. The third-order valence-corrected chi connectivity index (χ3v) is 5.61. The Morgan fingerprint density at radius 2 is 2.17 bits per heavy atom. The monoisotopic (exact) mass is 318 g/mol. The summed E-state index contributed by atoms with van der Waals surface area (Å²) >= 11 is 0. The lowest BCUT2D eigenvalue weighted by Gasteiger charge is -2.21. The van der Waals surface area contributed by atoms with Gasteiger partial charge in [0.05, 0.1) is 11.2 Å². The molecule has 3 nitrogen and oxygen atoms in total. The second-order valence-electron chi connectivity index (χ2n) is 6.97. The van der Waals surface area contributed by atoms with Gasteiger partial charge in [0.2, 0.25) is 0 Å². The van der Waals surface area contributed by atoms with Crippen LogP contribution in [0.5, 0.6) is 5.75 Å². The highest BCUT2D eigenvalue weighted by Crippen LogP contribution is 2.41. The maximum absolute atomic E-state index is 7.88. The highest BCUT2D eigenvalue weighted by molar-refractivity contribution is 5.91. The lowest BCUT2D eigenvalue weighted by atomic mass is 9.93. The van der Waals surface area contributed by atoms with Crippen molar-refractivity contribution in [1.29, 1.82) is 0 Å². The smallest absolute Gasteiger partial charge is 0.128 e. The van der Waals surface area contributed by atoms with E-state index in [0.29, 0.717) is 24.6 Å². The number of benzene rings is 1. The van der Waals surface area contributed by atoms with Crippen LogP contribution in [0.15, 0.2) is 18.2 Å². The maximum Gasteiger partial charge on any atom is 0.128 e. The summed E-state index contributed by atoms with van der Waals surface area (Å²) in [5.74, 6) is 0.747. The van der Waals surface area contributed by atoms with E-state index in [0.717, 1.165) is 47.8 Å². The van der Waals surface area contributed by atoms with E-state index in [1.165, 1.54) is 12.8 Å². The molecule has 0 bridgehead atoms. The molecule has 0 spiro atoms. The molecule has 0 unspecified atom stereocenters. The van der Waals surface area contributed by atoms with Crippen LogP contribution in [-0.4, -0.2) is 36.5 Å². The van der Waals surface area contributed by atoms with Crippen molar-refractivity contribution in [3.05, 3.63) is 29.5 Å². The molecular weight excluding hydrogens is 284 g/mol. The van der Waals surface area contributed by atoms with Crippen LogP contribution < -0.4 is 4.74 Å². The predicted octanol–water partition coefficient (Wildman–Crippen LogP) is 4.47. The van der Waals surface area contributed by atoms with E-state index in [-0.39, 0.29) is 6.04 Å². The minimum Gasteiger partial charge on any atom is -0.496 e. The van der Waals surface area contributed by atoms with Crippen molar-refractivity contribution in [3.63, 3.8) is 0 Å². The fourth-order valence-electron chi connectivity index (χ4n) is 4.45. The summed E-state index contributed by atoms with van der Waals surface area (Å²) in [6, 6.07) is 5.36. The van der Waals surface area contributed by atoms with Crippen LogP contribution in [0.25, 0.3) is 10.9 Å². The summed E-state index contributed by atoms with van der Waals surface area (Å²) < 4.78 is 51.6. The molecule has 1 saturated carbocycles. The topological polar surface area (TPSA) is 28.3 Å². The Labute approximate surface area is 147 Å². The zero-order chi connectivity index (χ0) is 20.8. The highest BCUT2D eigenvalue weighted by atomic mass is 16.5.